The fraction of sp³-hybridized carbons (Fsp3) is 0.333. The Bertz CT molecular complexity index is 367. The van der Waals surface area contributed by atoms with Crippen LogP contribution in [-0.4, -0.2) is 13.0 Å². The summed E-state index contributed by atoms with van der Waals surface area (Å²) in [6, 6.07) is 11.5. The van der Waals surface area contributed by atoms with E-state index < -0.39 is 0 Å². The first kappa shape index (κ1) is 11.3. The van der Waals surface area contributed by atoms with Gasteiger partial charge in [-0.25, -0.2) is 0 Å². The summed E-state index contributed by atoms with van der Waals surface area (Å²) < 4.78 is 0. The third kappa shape index (κ3) is 3.10. The first-order chi connectivity index (χ1) is 7.15. The third-order valence-corrected chi connectivity index (χ3v) is 2.22. The van der Waals surface area contributed by atoms with Crippen LogP contribution in [0.5, 0.6) is 0 Å². The van der Waals surface area contributed by atoms with Crippen molar-refractivity contribution in [2.75, 3.05) is 11.9 Å². The van der Waals surface area contributed by atoms with Crippen molar-refractivity contribution in [3.8, 4) is 6.07 Å². The van der Waals surface area contributed by atoms with E-state index in [4.69, 9.17) is 5.26 Å². The first-order valence-corrected chi connectivity index (χ1v) is 4.86. The van der Waals surface area contributed by atoms with Gasteiger partial charge >= 0.3 is 0 Å². The Morgan fingerprint density at radius 1 is 1.47 bits per heavy atom. The molecule has 0 aliphatic rings. The maximum atomic E-state index is 11.7. The molecule has 1 aromatic carbocycles. The molecule has 1 rings (SSSR count). The van der Waals surface area contributed by atoms with E-state index in [1.807, 2.05) is 30.3 Å². The zero-order valence-electron chi connectivity index (χ0n) is 8.97. The van der Waals surface area contributed by atoms with Gasteiger partial charge in [-0.15, -0.1) is 0 Å². The lowest BCUT2D eigenvalue weighted by molar-refractivity contribution is -0.118. The van der Waals surface area contributed by atoms with Gasteiger partial charge in [-0.05, 0) is 19.1 Å². The van der Waals surface area contributed by atoms with Crippen LogP contribution in [0.2, 0.25) is 0 Å². The van der Waals surface area contributed by atoms with Crippen molar-refractivity contribution in [1.29, 1.82) is 5.26 Å². The van der Waals surface area contributed by atoms with Gasteiger partial charge < -0.3 is 4.90 Å². The zero-order valence-corrected chi connectivity index (χ0v) is 8.97. The highest BCUT2D eigenvalue weighted by atomic mass is 16.2. The van der Waals surface area contributed by atoms with Crippen molar-refractivity contribution in [3.05, 3.63) is 30.3 Å². The lowest BCUT2D eigenvalue weighted by Crippen LogP contribution is -2.27. The Morgan fingerprint density at radius 3 is 2.60 bits per heavy atom. The lowest BCUT2D eigenvalue weighted by Gasteiger charge is -2.17. The highest BCUT2D eigenvalue weighted by Gasteiger charge is 2.13. The molecule has 1 aromatic rings. The average molecular weight is 202 g/mol. The predicted octanol–water partition coefficient (Wildman–Crippen LogP) is 2.20. The number of amides is 1. The van der Waals surface area contributed by atoms with Crippen LogP contribution in [0.3, 0.4) is 0 Å². The Labute approximate surface area is 89.9 Å². The van der Waals surface area contributed by atoms with Crippen LogP contribution in [0, 0.1) is 17.2 Å². The minimum atomic E-state index is -0.233. The zero-order chi connectivity index (χ0) is 11.3. The Kier molecular flexibility index (Phi) is 3.87. The molecule has 78 valence electrons. The summed E-state index contributed by atoms with van der Waals surface area (Å²) in [4.78, 5) is 13.3. The highest BCUT2D eigenvalue weighted by Crippen LogP contribution is 2.13. The van der Waals surface area contributed by atoms with Crippen molar-refractivity contribution in [1.82, 2.24) is 0 Å². The maximum absolute atomic E-state index is 11.7. The van der Waals surface area contributed by atoms with Gasteiger partial charge in [0.1, 0.15) is 0 Å². The molecule has 1 unspecified atom stereocenters. The summed E-state index contributed by atoms with van der Waals surface area (Å²) in [5, 5.41) is 8.62. The quantitative estimate of drug-likeness (QED) is 0.754. The van der Waals surface area contributed by atoms with Crippen LogP contribution in [0.4, 0.5) is 5.69 Å². The van der Waals surface area contributed by atoms with Crippen molar-refractivity contribution in [3.63, 3.8) is 0 Å². The second-order valence-electron chi connectivity index (χ2n) is 3.52. The molecular weight excluding hydrogens is 188 g/mol. The molecule has 3 heteroatoms. The normalized spacial score (nSPS) is 11.5. The molecule has 1 amide bonds. The first-order valence-electron chi connectivity index (χ1n) is 4.86. The van der Waals surface area contributed by atoms with Gasteiger partial charge in [-0.3, -0.25) is 4.79 Å². The molecule has 0 spiro atoms. The molecule has 0 radical (unpaired) electrons. The molecule has 0 saturated heterocycles. The van der Waals surface area contributed by atoms with Gasteiger partial charge in [0.05, 0.1) is 12.0 Å². The van der Waals surface area contributed by atoms with Gasteiger partial charge in [-0.2, -0.15) is 5.26 Å². The number of nitriles is 1. The van der Waals surface area contributed by atoms with E-state index in [9.17, 15) is 4.79 Å². The monoisotopic (exact) mass is 202 g/mol. The van der Waals surface area contributed by atoms with Crippen LogP contribution < -0.4 is 4.90 Å². The summed E-state index contributed by atoms with van der Waals surface area (Å²) >= 11 is 0. The van der Waals surface area contributed by atoms with Crippen molar-refractivity contribution in [2.45, 2.75) is 13.3 Å². The van der Waals surface area contributed by atoms with Crippen molar-refractivity contribution >= 4 is 11.6 Å². The number of carbonyl (C=O) groups excluding carboxylic acids is 1. The second kappa shape index (κ2) is 5.16. The van der Waals surface area contributed by atoms with Crippen molar-refractivity contribution < 1.29 is 4.79 Å². The fourth-order valence-corrected chi connectivity index (χ4v) is 1.24. The van der Waals surface area contributed by atoms with Crippen LogP contribution >= 0.6 is 0 Å². The van der Waals surface area contributed by atoms with Crippen LogP contribution in [0.25, 0.3) is 0 Å². The van der Waals surface area contributed by atoms with E-state index in [2.05, 4.69) is 6.07 Å². The number of nitrogens with zero attached hydrogens (tertiary/aromatic N) is 2. The van der Waals surface area contributed by atoms with E-state index in [1.54, 1.807) is 18.9 Å². The molecule has 0 N–H and O–H groups in total. The summed E-state index contributed by atoms with van der Waals surface area (Å²) in [6.45, 7) is 1.75. The summed E-state index contributed by atoms with van der Waals surface area (Å²) in [6.07, 6.45) is 0.266. The number of hydrogen-bond donors (Lipinski definition) is 0. The number of rotatable bonds is 3. The predicted molar refractivity (Wildman–Crippen MR) is 59.2 cm³/mol. The highest BCUT2D eigenvalue weighted by molar-refractivity contribution is 5.92. The van der Waals surface area contributed by atoms with E-state index in [0.717, 1.165) is 5.69 Å². The van der Waals surface area contributed by atoms with Gasteiger partial charge in [0.25, 0.3) is 0 Å². The fourth-order valence-electron chi connectivity index (χ4n) is 1.24. The summed E-state index contributed by atoms with van der Waals surface area (Å²) in [5.74, 6) is -0.265. The number of hydrogen-bond acceptors (Lipinski definition) is 2. The van der Waals surface area contributed by atoms with Crippen LogP contribution in [0.1, 0.15) is 13.3 Å². The van der Waals surface area contributed by atoms with E-state index in [-0.39, 0.29) is 18.2 Å². The molecule has 0 heterocycles. The number of carbonyl (C=O) groups is 1. The maximum Gasteiger partial charge on any atom is 0.228 e. The smallest absolute Gasteiger partial charge is 0.228 e. The van der Waals surface area contributed by atoms with Crippen LogP contribution in [0.15, 0.2) is 30.3 Å². The van der Waals surface area contributed by atoms with Crippen LogP contribution in [-0.2, 0) is 4.79 Å². The standard InChI is InChI=1S/C12H14N2O/c1-10(9-13)8-12(15)14(2)11-6-4-3-5-7-11/h3-7,10H,8H2,1-2H3. The lowest BCUT2D eigenvalue weighted by atomic mass is 10.1. The molecule has 0 aliphatic carbocycles. The minimum Gasteiger partial charge on any atom is -0.315 e. The summed E-state index contributed by atoms with van der Waals surface area (Å²) in [7, 11) is 1.72. The minimum absolute atomic E-state index is 0.0322. The molecule has 0 saturated carbocycles. The van der Waals surface area contributed by atoms with Gasteiger partial charge in [-0.1, -0.05) is 18.2 Å². The molecule has 0 aliphatic heterocycles. The van der Waals surface area contributed by atoms with E-state index in [1.165, 1.54) is 0 Å². The topological polar surface area (TPSA) is 44.1 Å². The number of benzene rings is 1. The number of para-hydroxylation sites is 1. The van der Waals surface area contributed by atoms with Gasteiger partial charge in [0.2, 0.25) is 5.91 Å². The Balaban J connectivity index is 2.66. The largest absolute Gasteiger partial charge is 0.315 e. The molecule has 3 nitrogen and oxygen atoms in total. The molecule has 1 atom stereocenters. The molecular formula is C12H14N2O. The Morgan fingerprint density at radius 2 is 2.07 bits per heavy atom. The Hall–Kier alpha value is -1.82. The molecule has 15 heavy (non-hydrogen) atoms. The van der Waals surface area contributed by atoms with Gasteiger partial charge in [0.15, 0.2) is 0 Å². The second-order valence-corrected chi connectivity index (χ2v) is 3.52. The summed E-state index contributed by atoms with van der Waals surface area (Å²) in [5.41, 5.74) is 0.854. The average Bonchev–Trinajstić information content (AvgIpc) is 2.29. The molecule has 0 fully saturated rings. The third-order valence-electron chi connectivity index (χ3n) is 2.22. The SMILES string of the molecule is CC(C#N)CC(=O)N(C)c1ccccc1. The van der Waals surface area contributed by atoms with Gasteiger partial charge in [0, 0.05) is 19.2 Å². The van der Waals surface area contributed by atoms with Crippen molar-refractivity contribution in [2.24, 2.45) is 5.92 Å². The number of anilines is 1. The van der Waals surface area contributed by atoms with E-state index in [0.29, 0.717) is 0 Å². The molecule has 0 aromatic heterocycles. The van der Waals surface area contributed by atoms with E-state index >= 15 is 0 Å². The molecule has 0 bridgehead atoms.